The summed E-state index contributed by atoms with van der Waals surface area (Å²) in [7, 11) is 2.91. The molecule has 0 heterocycles. The van der Waals surface area contributed by atoms with Crippen molar-refractivity contribution in [3.63, 3.8) is 0 Å². The number of nitrogens with zero attached hydrogens (tertiary/aromatic N) is 1. The van der Waals surface area contributed by atoms with Crippen LogP contribution in [0, 0.1) is 17.8 Å². The summed E-state index contributed by atoms with van der Waals surface area (Å²) in [5.41, 5.74) is -5.59. The topological polar surface area (TPSA) is 133 Å². The molecule has 3 N–H and O–H groups in total. The largest absolute Gasteiger partial charge is 0.457 e. The van der Waals surface area contributed by atoms with Crippen molar-refractivity contribution in [2.75, 3.05) is 14.1 Å². The van der Waals surface area contributed by atoms with E-state index in [4.69, 9.17) is 6.15 Å². The Morgan fingerprint density at radius 1 is 0.913 bits per heavy atom. The molecule has 2 aromatic rings. The lowest BCUT2D eigenvalue weighted by Gasteiger charge is -2.45. The van der Waals surface area contributed by atoms with Gasteiger partial charge in [0.15, 0.2) is 17.1 Å². The van der Waals surface area contributed by atoms with Gasteiger partial charge < -0.3 is 20.3 Å². The maximum atomic E-state index is 15.2. The van der Waals surface area contributed by atoms with Gasteiger partial charge in [0, 0.05) is 13.0 Å². The predicted octanol–water partition coefficient (Wildman–Crippen LogP) is 4.17. The molecule has 2 aromatic carbocycles. The van der Waals surface area contributed by atoms with Crippen LogP contribution in [0.3, 0.4) is 0 Å². The summed E-state index contributed by atoms with van der Waals surface area (Å²) >= 11 is 0. The van der Waals surface area contributed by atoms with Crippen molar-refractivity contribution < 1.29 is 35.5 Å². The van der Waals surface area contributed by atoms with Gasteiger partial charge in [-0.3, -0.25) is 19.3 Å². The van der Waals surface area contributed by atoms with Gasteiger partial charge in [-0.1, -0.05) is 88.4 Å². The van der Waals surface area contributed by atoms with E-state index in [1.54, 1.807) is 72.0 Å². The first-order valence-electron chi connectivity index (χ1n) is 16.4. The summed E-state index contributed by atoms with van der Waals surface area (Å²) in [5.74, 6) is -6.67. The molecule has 0 amide bonds. The van der Waals surface area contributed by atoms with Crippen molar-refractivity contribution in [3.8, 4) is 0 Å². The summed E-state index contributed by atoms with van der Waals surface area (Å²) in [5, 5.41) is 23.6. The van der Waals surface area contributed by atoms with Gasteiger partial charge in [0.2, 0.25) is 11.4 Å². The van der Waals surface area contributed by atoms with Crippen LogP contribution in [0.15, 0.2) is 60.7 Å². The first-order chi connectivity index (χ1) is 21.7. The third-order valence-corrected chi connectivity index (χ3v) is 8.12. The lowest BCUT2D eigenvalue weighted by Crippen LogP contribution is -2.74. The van der Waals surface area contributed by atoms with Crippen LogP contribution in [0.2, 0.25) is 1.41 Å². The molecule has 0 aromatic heterocycles. The van der Waals surface area contributed by atoms with Crippen LogP contribution in [0.4, 0.5) is 0 Å². The highest BCUT2D eigenvalue weighted by Gasteiger charge is 2.64. The first-order valence-corrected chi connectivity index (χ1v) is 16.0. The van der Waals surface area contributed by atoms with Gasteiger partial charge in [-0.05, 0) is 71.2 Å². The zero-order valence-electron chi connectivity index (χ0n) is 30.1. The quantitative estimate of drug-likeness (QED) is 0.172. The average molecular weight is 640 g/mol. The van der Waals surface area contributed by atoms with E-state index in [2.05, 4.69) is 0 Å². The Morgan fingerprint density at radius 2 is 1.41 bits per heavy atom. The van der Waals surface area contributed by atoms with Crippen molar-refractivity contribution in [1.29, 1.82) is 0 Å². The lowest BCUT2D eigenvalue weighted by molar-refractivity contribution is -0.184. The second-order valence-corrected chi connectivity index (χ2v) is 14.1. The number of aliphatic hydroxyl groups is 2. The van der Waals surface area contributed by atoms with Crippen molar-refractivity contribution in [3.05, 3.63) is 71.8 Å². The number of rotatable bonds is 17. The summed E-state index contributed by atoms with van der Waals surface area (Å²) in [6.45, 7) is 13.5. The Morgan fingerprint density at radius 3 is 1.83 bits per heavy atom. The molecule has 0 bridgehead atoms. The van der Waals surface area contributed by atoms with E-state index in [1.807, 2.05) is 49.1 Å². The minimum atomic E-state index is -3.01. The van der Waals surface area contributed by atoms with Crippen molar-refractivity contribution in [2.45, 2.75) is 104 Å². The third kappa shape index (κ3) is 9.18. The molecule has 46 heavy (non-hydrogen) atoms. The van der Waals surface area contributed by atoms with E-state index in [9.17, 15) is 24.6 Å². The van der Waals surface area contributed by atoms with Gasteiger partial charge >= 0.3 is 5.97 Å². The van der Waals surface area contributed by atoms with Crippen LogP contribution in [0.5, 0.6) is 0 Å². The Balaban J connectivity index is 2.92. The number of carbonyl (C=O) groups is 4. The molecule has 9 heteroatoms. The number of ketones is 3. The van der Waals surface area contributed by atoms with E-state index in [0.717, 1.165) is 19.5 Å². The first kappa shape index (κ1) is 37.2. The number of esters is 1. The fraction of sp³-hybridized carbons (Fsp3) is 0.568. The number of ether oxygens (including phenoxy) is 1. The summed E-state index contributed by atoms with van der Waals surface area (Å²) < 4.78 is 14.5. The Labute approximate surface area is 276 Å². The molecule has 0 fully saturated rings. The molecule has 2 rings (SSSR count). The molecule has 0 saturated carbocycles. The molecule has 0 saturated heterocycles. The molecule has 0 aliphatic carbocycles. The van der Waals surface area contributed by atoms with E-state index in [1.165, 1.54) is 0 Å². The van der Waals surface area contributed by atoms with Gasteiger partial charge in [0.1, 0.15) is 13.1 Å². The minimum absolute atomic E-state index is 0.0260. The molecule has 0 aliphatic heterocycles. The second kappa shape index (κ2) is 16.0. The lowest BCUT2D eigenvalue weighted by atomic mass is 9.63. The zero-order chi connectivity index (χ0) is 35.9. The maximum absolute atomic E-state index is 15.2. The number of nitrogens with one attached hydrogen (secondary N) is 1. The minimum Gasteiger partial charge on any atom is -0.457 e. The summed E-state index contributed by atoms with van der Waals surface area (Å²) in [4.78, 5) is 60.2. The number of hydrogen-bond acceptors (Lipinski definition) is 9. The number of carbonyl (C=O) groups excluding carboxylic acids is 4. The van der Waals surface area contributed by atoms with Gasteiger partial charge in [-0.2, -0.15) is 0 Å². The molecule has 2 unspecified atom stereocenters. The van der Waals surface area contributed by atoms with E-state index < -0.39 is 70.5 Å². The van der Waals surface area contributed by atoms with Crippen LogP contribution in [0.25, 0.3) is 0 Å². The summed E-state index contributed by atoms with van der Waals surface area (Å²) in [6, 6.07) is 17.0. The molecule has 0 aliphatic rings. The number of benzene rings is 2. The van der Waals surface area contributed by atoms with Crippen molar-refractivity contribution >= 4 is 23.3 Å². The number of Topliss-reactive ketones (excluding diaryl/α,β-unsaturated/α-hetero) is 3. The van der Waals surface area contributed by atoms with Crippen LogP contribution in [0.1, 0.15) is 72.9 Å². The highest BCUT2D eigenvalue weighted by Crippen LogP contribution is 2.37. The van der Waals surface area contributed by atoms with Gasteiger partial charge in [0.05, 0.1) is 12.0 Å². The maximum Gasteiger partial charge on any atom is 0.346 e. The van der Waals surface area contributed by atoms with Gasteiger partial charge in [-0.15, -0.1) is 0 Å². The predicted molar refractivity (Wildman–Crippen MR) is 179 cm³/mol. The normalized spacial score (nSPS) is 17.2. The van der Waals surface area contributed by atoms with Gasteiger partial charge in [0.25, 0.3) is 0 Å². The summed E-state index contributed by atoms with van der Waals surface area (Å²) in [6.07, 6.45) is -2.06. The molecule has 0 radical (unpaired) electrons. The fourth-order valence-electron chi connectivity index (χ4n) is 6.06. The van der Waals surface area contributed by atoms with Crippen LogP contribution < -0.4 is 5.31 Å². The SMILES string of the molecule is [2H]N(C)[C@](C(=O)[C@@H](C)O)(C(=O)C(O)(Cc1ccccc1)C(=O)OC(C)(C)C)C(C(=O)[C@H](CC(C)C)N(C)Cc1ccccc1)C(C)C. The van der Waals surface area contributed by atoms with Crippen LogP contribution in [-0.2, 0) is 36.9 Å². The van der Waals surface area contributed by atoms with Crippen LogP contribution >= 0.6 is 0 Å². The molecular weight excluding hydrogens is 584 g/mol. The van der Waals surface area contributed by atoms with Gasteiger partial charge in [-0.25, -0.2) is 4.79 Å². The Hall–Kier alpha value is -3.24. The Bertz CT molecular complexity index is 1360. The van der Waals surface area contributed by atoms with E-state index >= 15 is 4.79 Å². The number of aliphatic hydroxyl groups excluding tert-OH is 1. The molecule has 9 nitrogen and oxygen atoms in total. The van der Waals surface area contributed by atoms with Crippen molar-refractivity contribution in [2.24, 2.45) is 17.8 Å². The highest BCUT2D eigenvalue weighted by molar-refractivity contribution is 6.24. The van der Waals surface area contributed by atoms with Crippen LogP contribution in [-0.4, -0.2) is 81.4 Å². The smallest absolute Gasteiger partial charge is 0.346 e. The fourth-order valence-corrected chi connectivity index (χ4v) is 6.06. The third-order valence-electron chi connectivity index (χ3n) is 8.12. The molecule has 254 valence electrons. The monoisotopic (exact) mass is 639 g/mol. The number of hydrogen-bond donors (Lipinski definition) is 3. The molecule has 5 atom stereocenters. The molecule has 0 spiro atoms. The Kier molecular flexibility index (Phi) is 13.0. The zero-order valence-corrected chi connectivity index (χ0v) is 29.1. The average Bonchev–Trinajstić information content (AvgIpc) is 2.97. The second-order valence-electron chi connectivity index (χ2n) is 14.1. The number of likely N-dealkylation sites (N-methyl/N-ethyl adjacent to an activating group) is 2. The van der Waals surface area contributed by atoms with E-state index in [-0.39, 0.29) is 5.92 Å². The standard InChI is InChI=1S/C37H54N2O7/c1-24(2)21-29(39(10)23-28-19-15-12-16-20-28)31(41)30(25(3)4)37(38-9,32(42)26(5)40)33(43)36(45,34(44)46-35(6,7)8)22-27-17-13-11-14-18-27/h11-20,24-26,29-30,38,40,45H,21-23H2,1-10H3/t26-,29+,30?,36?,37-/m1/s1/i/hD. The highest BCUT2D eigenvalue weighted by atomic mass is 16.6. The van der Waals surface area contributed by atoms with E-state index in [0.29, 0.717) is 23.8 Å². The molecular formula is C37H54N2O7. The van der Waals surface area contributed by atoms with Crippen molar-refractivity contribution in [1.82, 2.24) is 10.2 Å².